The molecule has 0 amide bonds. The van der Waals surface area contributed by atoms with Crippen LogP contribution in [0.5, 0.6) is 0 Å². The number of thiophene rings is 1. The Balaban J connectivity index is 1.93. The first kappa shape index (κ1) is 13.0. The van der Waals surface area contributed by atoms with Crippen molar-refractivity contribution in [2.24, 2.45) is 0 Å². The van der Waals surface area contributed by atoms with E-state index < -0.39 is 0 Å². The number of hydrogen-bond acceptors (Lipinski definition) is 1. The van der Waals surface area contributed by atoms with E-state index in [0.717, 1.165) is 5.56 Å². The van der Waals surface area contributed by atoms with Crippen molar-refractivity contribution < 1.29 is 0 Å². The molecule has 0 N–H and O–H groups in total. The van der Waals surface area contributed by atoms with Crippen LogP contribution in [0.25, 0.3) is 41.7 Å². The predicted molar refractivity (Wildman–Crippen MR) is 105 cm³/mol. The molecule has 0 atom stereocenters. The molecule has 0 bridgehead atoms. The van der Waals surface area contributed by atoms with Crippen molar-refractivity contribution in [2.75, 3.05) is 0 Å². The van der Waals surface area contributed by atoms with Crippen LogP contribution in [0.1, 0.15) is 5.56 Å². The summed E-state index contributed by atoms with van der Waals surface area (Å²) in [5.41, 5.74) is 1.06. The monoisotopic (exact) mass is 307 g/mol. The quantitative estimate of drug-likeness (QED) is 0.349. The number of hydrogen-bond donors (Lipinski definition) is 0. The summed E-state index contributed by atoms with van der Waals surface area (Å²) >= 11 is 1.86. The van der Waals surface area contributed by atoms with Gasteiger partial charge < -0.3 is 0 Å². The summed E-state index contributed by atoms with van der Waals surface area (Å²) in [6, 6.07) is 24.1. The molecule has 0 aliphatic rings. The summed E-state index contributed by atoms with van der Waals surface area (Å²) in [5, 5.41) is 7.79. The van der Waals surface area contributed by atoms with Crippen LogP contribution in [-0.2, 0) is 0 Å². The van der Waals surface area contributed by atoms with Crippen LogP contribution in [0, 0.1) is 0 Å². The van der Waals surface area contributed by atoms with Crippen LogP contribution in [-0.4, -0.2) is 13.5 Å². The van der Waals surface area contributed by atoms with E-state index in [1.807, 2.05) is 11.3 Å². The van der Waals surface area contributed by atoms with Crippen molar-refractivity contribution in [3.8, 4) is 0 Å². The van der Waals surface area contributed by atoms with Gasteiger partial charge in [0.15, 0.2) is 0 Å². The van der Waals surface area contributed by atoms with Crippen LogP contribution in [0.2, 0.25) is 0 Å². The zero-order chi connectivity index (χ0) is 15.4. The minimum atomic E-state index is 1.06. The Morgan fingerprint density at radius 3 is 1.96 bits per heavy atom. The van der Waals surface area contributed by atoms with Crippen LogP contribution < -0.4 is 0 Å². The van der Waals surface area contributed by atoms with Crippen molar-refractivity contribution in [2.45, 2.75) is 0 Å². The Labute approximate surface area is 139 Å². The van der Waals surface area contributed by atoms with Gasteiger partial charge in [-0.15, -0.1) is 0 Å². The third-order valence-electron chi connectivity index (χ3n) is 4.51. The SMILES string of the molecule is [B]=Cc1ccc2cc3c(cc2c1)sc1cc2ccccc2cc13. The fraction of sp³-hybridized carbons (Fsp3) is 0. The molecule has 1 aromatic heterocycles. The van der Waals surface area contributed by atoms with Gasteiger partial charge in [0.25, 0.3) is 0 Å². The molecule has 0 aliphatic carbocycles. The first-order valence-corrected chi connectivity index (χ1v) is 8.47. The van der Waals surface area contributed by atoms with Crippen molar-refractivity contribution in [1.82, 2.24) is 0 Å². The van der Waals surface area contributed by atoms with E-state index in [1.165, 1.54) is 41.7 Å². The van der Waals surface area contributed by atoms with Crippen LogP contribution in [0.3, 0.4) is 0 Å². The summed E-state index contributed by atoms with van der Waals surface area (Å²) in [5.74, 6) is 1.65. The second kappa shape index (κ2) is 4.77. The average molecular weight is 307 g/mol. The Morgan fingerprint density at radius 2 is 1.26 bits per heavy atom. The van der Waals surface area contributed by atoms with E-state index in [9.17, 15) is 0 Å². The number of fused-ring (bicyclic) bond motifs is 5. The summed E-state index contributed by atoms with van der Waals surface area (Å²) in [6.07, 6.45) is 0. The molecular formula is C21H12BS. The normalized spacial score (nSPS) is 11.6. The zero-order valence-corrected chi connectivity index (χ0v) is 13.2. The maximum atomic E-state index is 5.65. The maximum absolute atomic E-state index is 5.65. The van der Waals surface area contributed by atoms with Crippen LogP contribution in [0.4, 0.5) is 0 Å². The van der Waals surface area contributed by atoms with Gasteiger partial charge in [-0.25, -0.2) is 0 Å². The topological polar surface area (TPSA) is 0 Å². The van der Waals surface area contributed by atoms with Gasteiger partial charge in [-0.3, -0.25) is 0 Å². The number of benzene rings is 4. The Morgan fingerprint density at radius 1 is 0.652 bits per heavy atom. The number of rotatable bonds is 1. The van der Waals surface area contributed by atoms with Crippen molar-refractivity contribution in [3.63, 3.8) is 0 Å². The summed E-state index contributed by atoms with van der Waals surface area (Å²) < 4.78 is 2.68. The van der Waals surface area contributed by atoms with Gasteiger partial charge in [-0.05, 0) is 0 Å². The molecule has 0 fully saturated rings. The van der Waals surface area contributed by atoms with Crippen molar-refractivity contribution >= 4 is 66.5 Å². The molecule has 0 unspecified atom stereocenters. The first-order chi connectivity index (χ1) is 11.3. The minimum absolute atomic E-state index is 1.06. The molecule has 1 heterocycles. The van der Waals surface area contributed by atoms with E-state index in [1.54, 1.807) is 5.97 Å². The molecule has 0 saturated heterocycles. The second-order valence-electron chi connectivity index (χ2n) is 5.92. The predicted octanol–water partition coefficient (Wildman–Crippen LogP) is 5.68. The van der Waals surface area contributed by atoms with Gasteiger partial charge in [-0.1, -0.05) is 0 Å². The summed E-state index contributed by atoms with van der Waals surface area (Å²) in [4.78, 5) is 0. The molecule has 5 aromatic rings. The molecule has 5 rings (SSSR count). The molecule has 4 aromatic carbocycles. The molecule has 0 nitrogen and oxygen atoms in total. The molecule has 0 saturated carbocycles. The van der Waals surface area contributed by atoms with Gasteiger partial charge in [0.05, 0.1) is 0 Å². The Hall–Kier alpha value is -2.45. The summed E-state index contributed by atoms with van der Waals surface area (Å²) in [7, 11) is 5.65. The van der Waals surface area contributed by atoms with Gasteiger partial charge in [0, 0.05) is 0 Å². The zero-order valence-electron chi connectivity index (χ0n) is 12.4. The van der Waals surface area contributed by atoms with E-state index >= 15 is 0 Å². The first-order valence-electron chi connectivity index (χ1n) is 7.66. The summed E-state index contributed by atoms with van der Waals surface area (Å²) in [6.45, 7) is 0. The van der Waals surface area contributed by atoms with E-state index in [2.05, 4.69) is 66.7 Å². The fourth-order valence-electron chi connectivity index (χ4n) is 3.33. The van der Waals surface area contributed by atoms with Crippen LogP contribution >= 0.6 is 11.3 Å². The van der Waals surface area contributed by atoms with Gasteiger partial charge in [0.1, 0.15) is 0 Å². The molecular weight excluding hydrogens is 295 g/mol. The fourth-order valence-corrected chi connectivity index (χ4v) is 4.49. The van der Waals surface area contributed by atoms with Gasteiger partial charge >= 0.3 is 139 Å². The van der Waals surface area contributed by atoms with E-state index in [0.29, 0.717) is 0 Å². The van der Waals surface area contributed by atoms with E-state index in [4.69, 9.17) is 7.49 Å². The molecule has 105 valence electrons. The van der Waals surface area contributed by atoms with Crippen molar-refractivity contribution in [1.29, 1.82) is 0 Å². The van der Waals surface area contributed by atoms with Crippen molar-refractivity contribution in [3.05, 3.63) is 72.3 Å². The second-order valence-corrected chi connectivity index (χ2v) is 7.00. The Kier molecular flexibility index (Phi) is 2.71. The van der Waals surface area contributed by atoms with Gasteiger partial charge in [-0.2, -0.15) is 0 Å². The standard InChI is InChI=1S/C21H12BS/c22-12-13-5-6-16-9-19-18-8-14-3-1-2-4-15(14)10-20(18)23-21(19)11-17(16)7-13/h1-12H. The average Bonchev–Trinajstić information content (AvgIpc) is 2.93. The third-order valence-corrected chi connectivity index (χ3v) is 5.63. The molecule has 1 radical (unpaired) electrons. The Bertz CT molecular complexity index is 1230. The molecule has 0 aliphatic heterocycles. The van der Waals surface area contributed by atoms with E-state index in [-0.39, 0.29) is 0 Å². The molecule has 0 spiro atoms. The third kappa shape index (κ3) is 1.95. The molecule has 2 heteroatoms. The van der Waals surface area contributed by atoms with Gasteiger partial charge in [0.2, 0.25) is 0 Å². The van der Waals surface area contributed by atoms with Crippen LogP contribution in [0.15, 0.2) is 66.7 Å². The molecule has 23 heavy (non-hydrogen) atoms.